The van der Waals surface area contributed by atoms with Crippen molar-refractivity contribution in [2.75, 3.05) is 0 Å². The minimum absolute atomic E-state index is 0.0807. The summed E-state index contributed by atoms with van der Waals surface area (Å²) < 4.78 is 67.3. The average molecular weight is 281 g/mol. The monoisotopic (exact) mass is 281 g/mol. The van der Waals surface area contributed by atoms with Crippen LogP contribution in [0.3, 0.4) is 0 Å². The van der Waals surface area contributed by atoms with E-state index in [1.54, 1.807) is 0 Å². The summed E-state index contributed by atoms with van der Waals surface area (Å²) in [7, 11) is -5.71. The third kappa shape index (κ3) is 2.13. The molecule has 0 N–H and O–H groups in total. The molecule has 0 amide bonds. The van der Waals surface area contributed by atoms with Crippen molar-refractivity contribution in [1.29, 1.82) is 0 Å². The van der Waals surface area contributed by atoms with E-state index in [9.17, 15) is 21.6 Å². The Balaban J connectivity index is 2.51. The Labute approximate surface area is 99.3 Å². The zero-order valence-corrected chi connectivity index (χ0v) is 9.67. The van der Waals surface area contributed by atoms with E-state index >= 15 is 0 Å². The lowest BCUT2D eigenvalue weighted by Gasteiger charge is -2.09. The van der Waals surface area contributed by atoms with Gasteiger partial charge in [0.2, 0.25) is 0 Å². The summed E-state index contributed by atoms with van der Waals surface area (Å²) >= 11 is 0. The topological polar surface area (TPSA) is 69.4 Å². The van der Waals surface area contributed by atoms with E-state index < -0.39 is 21.4 Å². The average Bonchev–Trinajstić information content (AvgIpc) is 2.57. The molecule has 0 bridgehead atoms. The lowest BCUT2D eigenvalue weighted by Crippen LogP contribution is -2.28. The fraction of sp³-hybridized carbons (Fsp3) is 0.222. The van der Waals surface area contributed by atoms with Crippen molar-refractivity contribution in [2.24, 2.45) is 0 Å². The first kappa shape index (κ1) is 12.7. The number of oxazole rings is 1. The first-order valence-electron chi connectivity index (χ1n) is 4.57. The van der Waals surface area contributed by atoms with Crippen molar-refractivity contribution in [3.63, 3.8) is 0 Å². The molecule has 0 radical (unpaired) electrons. The fourth-order valence-electron chi connectivity index (χ4n) is 1.27. The molecule has 0 spiro atoms. The fourth-order valence-corrected chi connectivity index (χ4v) is 1.73. The molecule has 2 aromatic rings. The van der Waals surface area contributed by atoms with Crippen LogP contribution in [0.25, 0.3) is 11.1 Å². The summed E-state index contributed by atoms with van der Waals surface area (Å²) in [5, 5.41) is 0. The Morgan fingerprint density at radius 2 is 2.00 bits per heavy atom. The molecular formula is C9H6F3NO4S. The first-order valence-corrected chi connectivity index (χ1v) is 5.98. The quantitative estimate of drug-likeness (QED) is 0.624. The van der Waals surface area contributed by atoms with Gasteiger partial charge in [-0.2, -0.15) is 21.6 Å². The van der Waals surface area contributed by atoms with Crippen LogP contribution in [-0.2, 0) is 10.1 Å². The van der Waals surface area contributed by atoms with Crippen LogP contribution in [0, 0.1) is 6.92 Å². The van der Waals surface area contributed by atoms with E-state index in [4.69, 9.17) is 4.42 Å². The van der Waals surface area contributed by atoms with Crippen LogP contribution in [0.4, 0.5) is 13.2 Å². The Kier molecular flexibility index (Phi) is 2.73. The molecule has 0 saturated heterocycles. The summed E-state index contributed by atoms with van der Waals surface area (Å²) in [6.07, 6.45) is 0. The number of halogens is 3. The molecular weight excluding hydrogens is 275 g/mol. The minimum atomic E-state index is -5.71. The maximum absolute atomic E-state index is 12.2. The van der Waals surface area contributed by atoms with Crippen LogP contribution < -0.4 is 4.18 Å². The van der Waals surface area contributed by atoms with Crippen LogP contribution in [0.1, 0.15) is 5.89 Å². The van der Waals surface area contributed by atoms with Crippen LogP contribution in [0.5, 0.6) is 5.75 Å². The minimum Gasteiger partial charge on any atom is -0.441 e. The largest absolute Gasteiger partial charge is 0.534 e. The Morgan fingerprint density at radius 3 is 2.61 bits per heavy atom. The molecule has 1 aromatic carbocycles. The van der Waals surface area contributed by atoms with Gasteiger partial charge in [-0.25, -0.2) is 4.98 Å². The first-order chi connectivity index (χ1) is 8.21. The lowest BCUT2D eigenvalue weighted by atomic mass is 10.3. The van der Waals surface area contributed by atoms with Gasteiger partial charge in [0.25, 0.3) is 0 Å². The second-order valence-electron chi connectivity index (χ2n) is 3.32. The standard InChI is InChI=1S/C9H6F3NO4S/c1-5-13-8-6(16-5)3-2-4-7(8)17-18(14,15)9(10,11)12/h2-4H,1H3. The number of fused-ring (bicyclic) bond motifs is 1. The van der Waals surface area contributed by atoms with Gasteiger partial charge in [0, 0.05) is 6.92 Å². The van der Waals surface area contributed by atoms with E-state index in [0.29, 0.717) is 0 Å². The number of hydrogen-bond donors (Lipinski definition) is 0. The normalized spacial score (nSPS) is 12.9. The Bertz CT molecular complexity index is 689. The summed E-state index contributed by atoms with van der Waals surface area (Å²) in [5.41, 5.74) is -5.43. The second-order valence-corrected chi connectivity index (χ2v) is 4.86. The molecule has 0 saturated carbocycles. The number of alkyl halides is 3. The predicted octanol–water partition coefficient (Wildman–Crippen LogP) is 2.36. The van der Waals surface area contributed by atoms with Crippen LogP contribution in [-0.4, -0.2) is 18.9 Å². The molecule has 0 aliphatic rings. The van der Waals surface area contributed by atoms with Crippen molar-refractivity contribution in [3.8, 4) is 5.75 Å². The van der Waals surface area contributed by atoms with Gasteiger partial charge in [0.05, 0.1) is 0 Å². The number of benzene rings is 1. The van der Waals surface area contributed by atoms with Crippen LogP contribution in [0.2, 0.25) is 0 Å². The number of nitrogens with zero attached hydrogens (tertiary/aromatic N) is 1. The lowest BCUT2D eigenvalue weighted by molar-refractivity contribution is -0.0499. The highest BCUT2D eigenvalue weighted by Gasteiger charge is 2.48. The third-order valence-electron chi connectivity index (χ3n) is 1.97. The van der Waals surface area contributed by atoms with Crippen molar-refractivity contribution >= 4 is 21.2 Å². The molecule has 0 aliphatic heterocycles. The van der Waals surface area contributed by atoms with E-state index in [1.807, 2.05) is 0 Å². The molecule has 1 heterocycles. The van der Waals surface area contributed by atoms with Crippen LogP contribution >= 0.6 is 0 Å². The zero-order valence-electron chi connectivity index (χ0n) is 8.85. The summed E-state index contributed by atoms with van der Waals surface area (Å²) in [5.74, 6) is -0.341. The molecule has 2 rings (SSSR count). The number of para-hydroxylation sites is 1. The van der Waals surface area contributed by atoms with Gasteiger partial charge < -0.3 is 8.60 Å². The highest BCUT2D eigenvalue weighted by Crippen LogP contribution is 2.31. The molecule has 1 aromatic heterocycles. The molecule has 9 heteroatoms. The van der Waals surface area contributed by atoms with Crippen molar-refractivity contribution < 1.29 is 30.2 Å². The molecule has 18 heavy (non-hydrogen) atoms. The maximum atomic E-state index is 12.2. The Hall–Kier alpha value is -1.77. The van der Waals surface area contributed by atoms with Crippen molar-refractivity contribution in [1.82, 2.24) is 4.98 Å². The molecule has 0 fully saturated rings. The van der Waals surface area contributed by atoms with Gasteiger partial charge in [0.15, 0.2) is 22.7 Å². The predicted molar refractivity (Wildman–Crippen MR) is 54.3 cm³/mol. The molecule has 5 nitrogen and oxygen atoms in total. The number of hydrogen-bond acceptors (Lipinski definition) is 5. The smallest absolute Gasteiger partial charge is 0.441 e. The highest BCUT2D eigenvalue weighted by molar-refractivity contribution is 7.88. The second kappa shape index (κ2) is 3.87. The van der Waals surface area contributed by atoms with Crippen molar-refractivity contribution in [2.45, 2.75) is 12.4 Å². The third-order valence-corrected chi connectivity index (χ3v) is 2.94. The Morgan fingerprint density at radius 1 is 1.33 bits per heavy atom. The van der Waals surface area contributed by atoms with Gasteiger partial charge in [-0.1, -0.05) is 6.07 Å². The summed E-state index contributed by atoms with van der Waals surface area (Å²) in [6, 6.07) is 3.80. The van der Waals surface area contributed by atoms with Gasteiger partial charge in [-0.15, -0.1) is 0 Å². The number of aromatic nitrogens is 1. The number of aryl methyl sites for hydroxylation is 1. The number of rotatable bonds is 2. The molecule has 98 valence electrons. The van der Waals surface area contributed by atoms with Gasteiger partial charge in [-0.3, -0.25) is 0 Å². The van der Waals surface area contributed by atoms with Crippen molar-refractivity contribution in [3.05, 3.63) is 24.1 Å². The van der Waals surface area contributed by atoms with E-state index in [-0.39, 0.29) is 17.0 Å². The highest BCUT2D eigenvalue weighted by atomic mass is 32.2. The summed E-state index contributed by atoms with van der Waals surface area (Å²) in [6.45, 7) is 1.47. The van der Waals surface area contributed by atoms with E-state index in [2.05, 4.69) is 9.17 Å². The summed E-state index contributed by atoms with van der Waals surface area (Å²) in [4.78, 5) is 3.76. The van der Waals surface area contributed by atoms with Gasteiger partial charge >= 0.3 is 15.6 Å². The molecule has 0 unspecified atom stereocenters. The van der Waals surface area contributed by atoms with Gasteiger partial charge in [-0.05, 0) is 12.1 Å². The van der Waals surface area contributed by atoms with Gasteiger partial charge in [0.1, 0.15) is 0 Å². The maximum Gasteiger partial charge on any atom is 0.534 e. The molecule has 0 aliphatic carbocycles. The van der Waals surface area contributed by atoms with E-state index in [1.165, 1.54) is 19.1 Å². The molecule has 0 atom stereocenters. The zero-order chi connectivity index (χ0) is 13.6. The van der Waals surface area contributed by atoms with Crippen LogP contribution in [0.15, 0.2) is 22.6 Å². The van der Waals surface area contributed by atoms with E-state index in [0.717, 1.165) is 6.07 Å². The SMILES string of the molecule is Cc1nc2c(OS(=O)(=O)C(F)(F)F)cccc2o1.